The average molecular weight is 416 g/mol. The van der Waals surface area contributed by atoms with Gasteiger partial charge in [0.2, 0.25) is 5.91 Å². The van der Waals surface area contributed by atoms with E-state index in [0.717, 1.165) is 44.0 Å². The van der Waals surface area contributed by atoms with Gasteiger partial charge in [-0.25, -0.2) is 0 Å². The molecular formula is C22H29N3O3S. The van der Waals surface area contributed by atoms with Crippen molar-refractivity contribution in [2.24, 2.45) is 5.73 Å². The fourth-order valence-electron chi connectivity index (χ4n) is 4.28. The second-order valence-electron chi connectivity index (χ2n) is 7.87. The third-order valence-corrected chi connectivity index (χ3v) is 6.58. The molecule has 3 heterocycles. The summed E-state index contributed by atoms with van der Waals surface area (Å²) >= 11 is 1.73. The Hall–Kier alpha value is -2.25. The van der Waals surface area contributed by atoms with Crippen molar-refractivity contribution in [2.75, 3.05) is 31.2 Å². The number of likely N-dealkylation sites (tertiary alicyclic amines) is 1. The monoisotopic (exact) mass is 415 g/mol. The van der Waals surface area contributed by atoms with Gasteiger partial charge in [-0.05, 0) is 54.3 Å². The first-order valence-corrected chi connectivity index (χ1v) is 11.2. The molecule has 0 saturated carbocycles. The van der Waals surface area contributed by atoms with Crippen molar-refractivity contribution in [1.82, 2.24) is 4.90 Å². The number of piperidine rings is 1. The summed E-state index contributed by atoms with van der Waals surface area (Å²) in [6.07, 6.45) is 2.54. The highest BCUT2D eigenvalue weighted by Gasteiger charge is 2.28. The SMILES string of the molecule is C[C@H](CC(N)=O)N1CCC(N(Cc2ccsc2)c2ccc3c(c2)OCCO3)CC1. The summed E-state index contributed by atoms with van der Waals surface area (Å²) in [6.45, 7) is 6.12. The summed E-state index contributed by atoms with van der Waals surface area (Å²) in [7, 11) is 0. The first-order chi connectivity index (χ1) is 14.1. The highest BCUT2D eigenvalue weighted by molar-refractivity contribution is 7.07. The van der Waals surface area contributed by atoms with Crippen LogP contribution in [0.5, 0.6) is 11.5 Å². The lowest BCUT2D eigenvalue weighted by molar-refractivity contribution is -0.119. The molecule has 156 valence electrons. The van der Waals surface area contributed by atoms with Crippen LogP contribution in [0.4, 0.5) is 5.69 Å². The minimum atomic E-state index is -0.227. The maximum absolute atomic E-state index is 11.3. The van der Waals surface area contributed by atoms with Crippen molar-refractivity contribution in [3.8, 4) is 11.5 Å². The van der Waals surface area contributed by atoms with E-state index in [4.69, 9.17) is 15.2 Å². The van der Waals surface area contributed by atoms with Gasteiger partial charge in [0.1, 0.15) is 13.2 Å². The van der Waals surface area contributed by atoms with Crippen LogP contribution >= 0.6 is 11.3 Å². The van der Waals surface area contributed by atoms with E-state index < -0.39 is 0 Å². The lowest BCUT2D eigenvalue weighted by atomic mass is 9.99. The van der Waals surface area contributed by atoms with Gasteiger partial charge in [0.25, 0.3) is 0 Å². The van der Waals surface area contributed by atoms with E-state index in [9.17, 15) is 4.79 Å². The smallest absolute Gasteiger partial charge is 0.218 e. The van der Waals surface area contributed by atoms with Crippen LogP contribution in [0, 0.1) is 0 Å². The first kappa shape index (κ1) is 20.0. The molecule has 0 spiro atoms. The van der Waals surface area contributed by atoms with Crippen LogP contribution in [0.25, 0.3) is 0 Å². The van der Waals surface area contributed by atoms with E-state index in [0.29, 0.717) is 25.7 Å². The van der Waals surface area contributed by atoms with E-state index in [-0.39, 0.29) is 11.9 Å². The van der Waals surface area contributed by atoms with Gasteiger partial charge in [-0.1, -0.05) is 0 Å². The fraction of sp³-hybridized carbons (Fsp3) is 0.500. The zero-order chi connectivity index (χ0) is 20.2. The van der Waals surface area contributed by atoms with E-state index in [1.807, 2.05) is 6.07 Å². The number of fused-ring (bicyclic) bond motifs is 1. The predicted octanol–water partition coefficient (Wildman–Crippen LogP) is 3.25. The zero-order valence-corrected chi connectivity index (χ0v) is 17.7. The van der Waals surface area contributed by atoms with Gasteiger partial charge in [-0.15, -0.1) is 0 Å². The molecule has 0 radical (unpaired) electrons. The number of carbonyl (C=O) groups excluding carboxylic acids is 1. The molecule has 2 N–H and O–H groups in total. The third kappa shape index (κ3) is 4.85. The Bertz CT molecular complexity index is 819. The Morgan fingerprint density at radius 1 is 1.24 bits per heavy atom. The molecule has 0 unspecified atom stereocenters. The number of nitrogens with zero attached hydrogens (tertiary/aromatic N) is 2. The van der Waals surface area contributed by atoms with Crippen LogP contribution in [0.3, 0.4) is 0 Å². The Balaban J connectivity index is 1.50. The Labute approximate surface area is 176 Å². The first-order valence-electron chi connectivity index (χ1n) is 10.3. The van der Waals surface area contributed by atoms with Crippen LogP contribution in [-0.4, -0.2) is 49.2 Å². The number of hydrogen-bond donors (Lipinski definition) is 1. The number of thiophene rings is 1. The maximum Gasteiger partial charge on any atom is 0.218 e. The number of nitrogens with two attached hydrogens (primary N) is 1. The topological polar surface area (TPSA) is 68.0 Å². The van der Waals surface area contributed by atoms with Gasteiger partial charge >= 0.3 is 0 Å². The lowest BCUT2D eigenvalue weighted by Gasteiger charge is -2.41. The lowest BCUT2D eigenvalue weighted by Crippen LogP contribution is -2.48. The van der Waals surface area contributed by atoms with Crippen molar-refractivity contribution in [2.45, 2.75) is 44.8 Å². The molecular weight excluding hydrogens is 386 g/mol. The van der Waals surface area contributed by atoms with Gasteiger partial charge in [0.05, 0.1) is 0 Å². The number of ether oxygens (including phenoxy) is 2. The minimum Gasteiger partial charge on any atom is -0.486 e. The van der Waals surface area contributed by atoms with Crippen molar-refractivity contribution in [3.63, 3.8) is 0 Å². The van der Waals surface area contributed by atoms with E-state index in [1.165, 1.54) is 11.3 Å². The molecule has 1 amide bonds. The number of carbonyl (C=O) groups is 1. The molecule has 0 aliphatic carbocycles. The second kappa shape index (κ2) is 9.05. The summed E-state index contributed by atoms with van der Waals surface area (Å²) in [5, 5.41) is 4.35. The highest BCUT2D eigenvalue weighted by Crippen LogP contribution is 2.36. The fourth-order valence-corrected chi connectivity index (χ4v) is 4.94. The third-order valence-electron chi connectivity index (χ3n) is 5.85. The van der Waals surface area contributed by atoms with Gasteiger partial charge < -0.3 is 20.1 Å². The molecule has 1 fully saturated rings. The number of primary amides is 1. The van der Waals surface area contributed by atoms with E-state index in [2.05, 4.69) is 45.7 Å². The standard InChI is InChI=1S/C22H29N3O3S/c1-16(12-22(23)26)24-7-4-18(5-8-24)25(14-17-6-11-29-15-17)19-2-3-20-21(13-19)28-10-9-27-20/h2-3,6,11,13,15-16,18H,4-5,7-10,12,14H2,1H3,(H2,23,26)/t16-/m1/s1. The van der Waals surface area contributed by atoms with Crippen LogP contribution in [0.2, 0.25) is 0 Å². The molecule has 0 bridgehead atoms. The number of anilines is 1. The van der Waals surface area contributed by atoms with Gasteiger partial charge in [-0.3, -0.25) is 9.69 Å². The molecule has 1 atom stereocenters. The average Bonchev–Trinajstić information content (AvgIpc) is 3.25. The van der Waals surface area contributed by atoms with Crippen LogP contribution in [0.15, 0.2) is 35.0 Å². The molecule has 2 aliphatic heterocycles. The zero-order valence-electron chi connectivity index (χ0n) is 16.9. The van der Waals surface area contributed by atoms with Gasteiger partial charge in [-0.2, -0.15) is 11.3 Å². The van der Waals surface area contributed by atoms with Gasteiger partial charge in [0, 0.05) is 49.9 Å². The molecule has 1 aromatic carbocycles. The highest BCUT2D eigenvalue weighted by atomic mass is 32.1. The van der Waals surface area contributed by atoms with Crippen molar-refractivity contribution in [1.29, 1.82) is 0 Å². The molecule has 2 aliphatic rings. The van der Waals surface area contributed by atoms with Crippen LogP contribution in [0.1, 0.15) is 31.7 Å². The molecule has 1 saturated heterocycles. The van der Waals surface area contributed by atoms with Crippen molar-refractivity contribution >= 4 is 22.9 Å². The molecule has 1 aromatic heterocycles. The number of benzene rings is 1. The largest absolute Gasteiger partial charge is 0.486 e. The van der Waals surface area contributed by atoms with Crippen LogP contribution < -0.4 is 20.1 Å². The quantitative estimate of drug-likeness (QED) is 0.752. The minimum absolute atomic E-state index is 0.202. The van der Waals surface area contributed by atoms with E-state index >= 15 is 0 Å². The molecule has 6 nitrogen and oxygen atoms in total. The normalized spacial score (nSPS) is 18.4. The summed E-state index contributed by atoms with van der Waals surface area (Å²) in [6, 6.07) is 9.11. The summed E-state index contributed by atoms with van der Waals surface area (Å²) in [4.78, 5) is 16.2. The summed E-state index contributed by atoms with van der Waals surface area (Å²) < 4.78 is 11.5. The second-order valence-corrected chi connectivity index (χ2v) is 8.65. The molecule has 7 heteroatoms. The summed E-state index contributed by atoms with van der Waals surface area (Å²) in [5.41, 5.74) is 7.89. The summed E-state index contributed by atoms with van der Waals surface area (Å²) in [5.74, 6) is 1.43. The Morgan fingerprint density at radius 2 is 2.00 bits per heavy atom. The number of hydrogen-bond acceptors (Lipinski definition) is 6. The molecule has 2 aromatic rings. The molecule has 29 heavy (non-hydrogen) atoms. The Kier molecular flexibility index (Phi) is 6.25. The maximum atomic E-state index is 11.3. The van der Waals surface area contributed by atoms with E-state index in [1.54, 1.807) is 11.3 Å². The Morgan fingerprint density at radius 3 is 2.69 bits per heavy atom. The number of rotatable bonds is 7. The van der Waals surface area contributed by atoms with Gasteiger partial charge in [0.15, 0.2) is 11.5 Å². The number of amides is 1. The van der Waals surface area contributed by atoms with Crippen molar-refractivity contribution < 1.29 is 14.3 Å². The van der Waals surface area contributed by atoms with Crippen molar-refractivity contribution in [3.05, 3.63) is 40.6 Å². The van der Waals surface area contributed by atoms with Crippen LogP contribution in [-0.2, 0) is 11.3 Å². The predicted molar refractivity (Wildman–Crippen MR) is 116 cm³/mol. The molecule has 4 rings (SSSR count).